The van der Waals surface area contributed by atoms with Crippen LogP contribution in [0.25, 0.3) is 0 Å². The Morgan fingerprint density at radius 2 is 1.96 bits per heavy atom. The zero-order valence-corrected chi connectivity index (χ0v) is 15.3. The second-order valence-corrected chi connectivity index (χ2v) is 7.68. The van der Waals surface area contributed by atoms with Gasteiger partial charge in [0.25, 0.3) is 0 Å². The molecule has 0 radical (unpaired) electrons. The monoisotopic (exact) mass is 384 g/mol. The summed E-state index contributed by atoms with van der Waals surface area (Å²) in [4.78, 5) is 5.84. The fourth-order valence-corrected chi connectivity index (χ4v) is 4.17. The molecule has 26 heavy (non-hydrogen) atoms. The lowest BCUT2D eigenvalue weighted by molar-refractivity contribution is -0.137. The summed E-state index contributed by atoms with van der Waals surface area (Å²) in [6, 6.07) is 9.91. The van der Waals surface area contributed by atoms with Crippen LogP contribution in [-0.2, 0) is 19.3 Å². The minimum atomic E-state index is -4.31. The van der Waals surface area contributed by atoms with E-state index in [0.717, 1.165) is 32.2 Å². The normalized spacial score (nSPS) is 19.8. The van der Waals surface area contributed by atoms with Crippen molar-refractivity contribution in [3.63, 3.8) is 0 Å². The molecule has 0 bridgehead atoms. The minimum absolute atomic E-state index is 0.114. The molecule has 1 fully saturated rings. The maximum absolute atomic E-state index is 12.9. The molecule has 0 spiro atoms. The Kier molecular flexibility index (Phi) is 6.34. The average molecular weight is 384 g/mol. The van der Waals surface area contributed by atoms with Gasteiger partial charge in [-0.3, -0.25) is 9.80 Å². The highest BCUT2D eigenvalue weighted by Crippen LogP contribution is 2.30. The summed E-state index contributed by atoms with van der Waals surface area (Å²) < 4.78 is 38.7. The molecule has 1 aromatic heterocycles. The van der Waals surface area contributed by atoms with E-state index in [1.165, 1.54) is 17.0 Å². The Morgan fingerprint density at radius 1 is 1.12 bits per heavy atom. The van der Waals surface area contributed by atoms with E-state index >= 15 is 0 Å². The summed E-state index contributed by atoms with van der Waals surface area (Å²) in [5.41, 5.74) is 0.0764. The molecule has 1 atom stereocenters. The van der Waals surface area contributed by atoms with Gasteiger partial charge in [-0.05, 0) is 29.5 Å². The standard InChI is InChI=1S/C19H23F3N2OS/c20-19(21,22)16-4-1-3-15(11-16)12-23-7-8-24(17(13-23)6-9-25)14-18-5-2-10-26-18/h1-5,10-11,17,25H,6-9,12-14H2/t17-/m1/s1. The highest BCUT2D eigenvalue weighted by Gasteiger charge is 2.31. The Balaban J connectivity index is 1.64. The molecule has 1 saturated heterocycles. The second kappa shape index (κ2) is 8.52. The lowest BCUT2D eigenvalue weighted by Gasteiger charge is -2.41. The van der Waals surface area contributed by atoms with Gasteiger partial charge in [0.15, 0.2) is 0 Å². The van der Waals surface area contributed by atoms with Gasteiger partial charge in [0.1, 0.15) is 0 Å². The number of hydrogen-bond acceptors (Lipinski definition) is 4. The number of aliphatic hydroxyl groups excluding tert-OH is 1. The molecule has 1 aromatic carbocycles. The molecular formula is C19H23F3N2OS. The maximum Gasteiger partial charge on any atom is 0.416 e. The highest BCUT2D eigenvalue weighted by molar-refractivity contribution is 7.09. The molecule has 7 heteroatoms. The molecule has 142 valence electrons. The number of halogens is 3. The van der Waals surface area contributed by atoms with Gasteiger partial charge in [-0.25, -0.2) is 0 Å². The van der Waals surface area contributed by atoms with E-state index in [1.807, 2.05) is 6.07 Å². The zero-order valence-electron chi connectivity index (χ0n) is 14.5. The third-order valence-corrected chi connectivity index (χ3v) is 5.61. The van der Waals surface area contributed by atoms with E-state index in [-0.39, 0.29) is 12.6 Å². The van der Waals surface area contributed by atoms with E-state index < -0.39 is 11.7 Å². The van der Waals surface area contributed by atoms with E-state index in [2.05, 4.69) is 21.2 Å². The van der Waals surface area contributed by atoms with Crippen molar-refractivity contribution in [3.05, 3.63) is 57.8 Å². The van der Waals surface area contributed by atoms with Crippen LogP contribution in [0.2, 0.25) is 0 Å². The number of thiophene rings is 1. The van der Waals surface area contributed by atoms with Crippen molar-refractivity contribution in [1.82, 2.24) is 9.80 Å². The summed E-state index contributed by atoms with van der Waals surface area (Å²) in [5, 5.41) is 11.5. The van der Waals surface area contributed by atoms with Crippen LogP contribution < -0.4 is 0 Å². The van der Waals surface area contributed by atoms with Crippen LogP contribution in [0.15, 0.2) is 41.8 Å². The first-order valence-electron chi connectivity index (χ1n) is 8.71. The molecular weight excluding hydrogens is 361 g/mol. The van der Waals surface area contributed by atoms with Crippen LogP contribution in [0.5, 0.6) is 0 Å². The molecule has 2 aromatic rings. The van der Waals surface area contributed by atoms with E-state index in [1.54, 1.807) is 17.4 Å². The third kappa shape index (κ3) is 5.07. The molecule has 1 aliphatic heterocycles. The number of aliphatic hydroxyl groups is 1. The molecule has 3 nitrogen and oxygen atoms in total. The van der Waals surface area contributed by atoms with Gasteiger partial charge in [-0.15, -0.1) is 11.3 Å². The summed E-state index contributed by atoms with van der Waals surface area (Å²) in [5.74, 6) is 0. The fraction of sp³-hybridized carbons (Fsp3) is 0.474. The first-order valence-corrected chi connectivity index (χ1v) is 9.59. The third-order valence-electron chi connectivity index (χ3n) is 4.75. The molecule has 0 saturated carbocycles. The topological polar surface area (TPSA) is 26.7 Å². The van der Waals surface area contributed by atoms with E-state index in [0.29, 0.717) is 18.5 Å². The van der Waals surface area contributed by atoms with Crippen LogP contribution in [0.1, 0.15) is 22.4 Å². The second-order valence-electron chi connectivity index (χ2n) is 6.65. The minimum Gasteiger partial charge on any atom is -0.396 e. The molecule has 1 aliphatic rings. The lowest BCUT2D eigenvalue weighted by Crippen LogP contribution is -2.52. The Bertz CT molecular complexity index is 690. The van der Waals surface area contributed by atoms with Crippen molar-refractivity contribution in [1.29, 1.82) is 0 Å². The van der Waals surface area contributed by atoms with Crippen LogP contribution in [0.3, 0.4) is 0 Å². The first kappa shape index (κ1) is 19.4. The smallest absolute Gasteiger partial charge is 0.396 e. The van der Waals surface area contributed by atoms with Gasteiger partial charge in [-0.2, -0.15) is 13.2 Å². The van der Waals surface area contributed by atoms with Crippen LogP contribution >= 0.6 is 11.3 Å². The van der Waals surface area contributed by atoms with Crippen molar-refractivity contribution < 1.29 is 18.3 Å². The van der Waals surface area contributed by atoms with Crippen LogP contribution in [0.4, 0.5) is 13.2 Å². The number of hydrogen-bond donors (Lipinski definition) is 1. The fourth-order valence-electron chi connectivity index (χ4n) is 3.44. The number of piperazine rings is 1. The number of rotatable bonds is 6. The van der Waals surface area contributed by atoms with Crippen LogP contribution in [0, 0.1) is 0 Å². The van der Waals surface area contributed by atoms with Crippen molar-refractivity contribution in [2.75, 3.05) is 26.2 Å². The van der Waals surface area contributed by atoms with Crippen molar-refractivity contribution in [2.45, 2.75) is 31.7 Å². The lowest BCUT2D eigenvalue weighted by atomic mass is 10.1. The Labute approximate surface area is 155 Å². The molecule has 3 rings (SSSR count). The Hall–Kier alpha value is -1.41. The van der Waals surface area contributed by atoms with Crippen molar-refractivity contribution in [2.24, 2.45) is 0 Å². The average Bonchev–Trinajstić information content (AvgIpc) is 3.10. The van der Waals surface area contributed by atoms with Gasteiger partial charge in [-0.1, -0.05) is 24.3 Å². The molecule has 0 amide bonds. The van der Waals surface area contributed by atoms with E-state index in [4.69, 9.17) is 0 Å². The quantitative estimate of drug-likeness (QED) is 0.820. The number of benzene rings is 1. The SMILES string of the molecule is OCC[C@@H]1CN(Cc2cccc(C(F)(F)F)c2)CCN1Cc1cccs1. The van der Waals surface area contributed by atoms with Gasteiger partial charge in [0.2, 0.25) is 0 Å². The van der Waals surface area contributed by atoms with Gasteiger partial charge in [0, 0.05) is 50.2 Å². The van der Waals surface area contributed by atoms with Crippen LogP contribution in [-0.4, -0.2) is 47.2 Å². The van der Waals surface area contributed by atoms with E-state index in [9.17, 15) is 18.3 Å². The van der Waals surface area contributed by atoms with Crippen molar-refractivity contribution >= 4 is 11.3 Å². The highest BCUT2D eigenvalue weighted by atomic mass is 32.1. The molecule has 0 unspecified atom stereocenters. The van der Waals surface area contributed by atoms with Gasteiger partial charge in [0.05, 0.1) is 5.56 Å². The first-order chi connectivity index (χ1) is 12.5. The maximum atomic E-state index is 12.9. The predicted molar refractivity (Wildman–Crippen MR) is 96.9 cm³/mol. The Morgan fingerprint density at radius 3 is 2.65 bits per heavy atom. The zero-order chi connectivity index (χ0) is 18.6. The van der Waals surface area contributed by atoms with Gasteiger partial charge >= 0.3 is 6.18 Å². The summed E-state index contributed by atoms with van der Waals surface area (Å²) in [7, 11) is 0. The molecule has 1 N–H and O–H groups in total. The number of nitrogens with zero attached hydrogens (tertiary/aromatic N) is 2. The summed E-state index contributed by atoms with van der Waals surface area (Å²) >= 11 is 1.72. The summed E-state index contributed by atoms with van der Waals surface area (Å²) in [6.45, 7) is 3.88. The number of alkyl halides is 3. The van der Waals surface area contributed by atoms with Crippen molar-refractivity contribution in [3.8, 4) is 0 Å². The molecule has 0 aliphatic carbocycles. The molecule has 2 heterocycles. The van der Waals surface area contributed by atoms with Gasteiger partial charge < -0.3 is 5.11 Å². The summed E-state index contributed by atoms with van der Waals surface area (Å²) in [6.07, 6.45) is -3.64. The largest absolute Gasteiger partial charge is 0.416 e. The predicted octanol–water partition coefficient (Wildman–Crippen LogP) is 3.84.